The monoisotopic (exact) mass is 445 g/mol. The van der Waals surface area contributed by atoms with E-state index >= 15 is 0 Å². The Morgan fingerprint density at radius 2 is 1.73 bits per heavy atom. The Morgan fingerprint density at radius 3 is 2.39 bits per heavy atom. The summed E-state index contributed by atoms with van der Waals surface area (Å²) in [6.07, 6.45) is 2.20. The highest BCUT2D eigenvalue weighted by Gasteiger charge is 2.33. The van der Waals surface area contributed by atoms with Crippen LogP contribution in [-0.2, 0) is 11.3 Å². The summed E-state index contributed by atoms with van der Waals surface area (Å²) >= 11 is 0. The fraction of sp³-hybridized carbons (Fsp3) is 0.423. The number of morpholine rings is 1. The van der Waals surface area contributed by atoms with Gasteiger partial charge >= 0.3 is 0 Å². The largest absolute Gasteiger partial charge is 0.379 e. The lowest BCUT2D eigenvalue weighted by molar-refractivity contribution is 0.0226. The molecule has 1 aromatic heterocycles. The molecule has 1 saturated carbocycles. The van der Waals surface area contributed by atoms with E-state index in [1.165, 1.54) is 0 Å². The lowest BCUT2D eigenvalue weighted by Crippen LogP contribution is -2.48. The number of ether oxygens (including phenoxy) is 1. The van der Waals surface area contributed by atoms with Crippen LogP contribution in [0.4, 0.5) is 0 Å². The number of carbonyl (C=O) groups is 1. The van der Waals surface area contributed by atoms with Crippen LogP contribution in [0.1, 0.15) is 47.7 Å². The summed E-state index contributed by atoms with van der Waals surface area (Å²) in [4.78, 5) is 22.9. The fourth-order valence-electron chi connectivity index (χ4n) is 4.37. The predicted molar refractivity (Wildman–Crippen MR) is 126 cm³/mol. The zero-order valence-corrected chi connectivity index (χ0v) is 19.1. The van der Waals surface area contributed by atoms with Crippen molar-refractivity contribution in [1.29, 1.82) is 0 Å². The molecule has 1 saturated heterocycles. The standard InChI is InChI=1S/C26H31N5O2/c1-20(18-29-14-16-33-17-15-29)30(19-21-8-4-2-5-9-21)26(32)24-27-25(22-12-13-22)31(28-24)23-10-6-3-7-11-23/h2-11,20,22H,12-19H2,1H3. The predicted octanol–water partition coefficient (Wildman–Crippen LogP) is 3.51. The van der Waals surface area contributed by atoms with Crippen molar-refractivity contribution in [3.63, 3.8) is 0 Å². The van der Waals surface area contributed by atoms with E-state index in [9.17, 15) is 4.79 Å². The molecule has 7 heteroatoms. The van der Waals surface area contributed by atoms with Crippen molar-refractivity contribution in [2.24, 2.45) is 0 Å². The van der Waals surface area contributed by atoms with Gasteiger partial charge in [0.2, 0.25) is 5.82 Å². The van der Waals surface area contributed by atoms with Gasteiger partial charge in [-0.1, -0.05) is 48.5 Å². The second-order valence-corrected chi connectivity index (χ2v) is 9.00. The van der Waals surface area contributed by atoms with Crippen molar-refractivity contribution < 1.29 is 9.53 Å². The van der Waals surface area contributed by atoms with Crippen LogP contribution in [0.5, 0.6) is 0 Å². The van der Waals surface area contributed by atoms with Gasteiger partial charge in [-0.2, -0.15) is 0 Å². The first-order valence-corrected chi connectivity index (χ1v) is 11.9. The highest BCUT2D eigenvalue weighted by molar-refractivity contribution is 5.90. The third kappa shape index (κ3) is 5.15. The van der Waals surface area contributed by atoms with Crippen molar-refractivity contribution in [2.45, 2.75) is 38.3 Å². The summed E-state index contributed by atoms with van der Waals surface area (Å²) in [6, 6.07) is 20.1. The molecule has 1 unspecified atom stereocenters. The smallest absolute Gasteiger partial charge is 0.294 e. The molecule has 5 rings (SSSR count). The SMILES string of the molecule is CC(CN1CCOCC1)N(Cc1ccccc1)C(=O)c1nc(C2CC2)n(-c2ccccc2)n1. The first-order valence-electron chi connectivity index (χ1n) is 11.9. The second-order valence-electron chi connectivity index (χ2n) is 9.00. The molecule has 0 bridgehead atoms. The first kappa shape index (κ1) is 21.8. The first-order chi connectivity index (χ1) is 16.2. The number of aromatic nitrogens is 3. The minimum absolute atomic E-state index is 0.0175. The van der Waals surface area contributed by atoms with Crippen molar-refractivity contribution in [3.05, 3.63) is 77.9 Å². The van der Waals surface area contributed by atoms with E-state index < -0.39 is 0 Å². The van der Waals surface area contributed by atoms with Crippen LogP contribution >= 0.6 is 0 Å². The van der Waals surface area contributed by atoms with E-state index in [0.29, 0.717) is 12.5 Å². The Bertz CT molecular complexity index is 1060. The van der Waals surface area contributed by atoms with E-state index in [1.807, 2.05) is 58.1 Å². The van der Waals surface area contributed by atoms with Gasteiger partial charge < -0.3 is 9.64 Å². The molecular weight excluding hydrogens is 414 g/mol. The Kier molecular flexibility index (Phi) is 6.51. The van der Waals surface area contributed by atoms with E-state index in [0.717, 1.165) is 62.8 Å². The molecule has 2 aliphatic rings. The maximum absolute atomic E-state index is 13.8. The second kappa shape index (κ2) is 9.85. The molecule has 2 aromatic carbocycles. The summed E-state index contributed by atoms with van der Waals surface area (Å²) in [5.74, 6) is 1.44. The summed E-state index contributed by atoms with van der Waals surface area (Å²) < 4.78 is 7.35. The van der Waals surface area contributed by atoms with Gasteiger partial charge in [0, 0.05) is 38.1 Å². The fourth-order valence-corrected chi connectivity index (χ4v) is 4.37. The van der Waals surface area contributed by atoms with Gasteiger partial charge in [0.25, 0.3) is 5.91 Å². The molecule has 0 radical (unpaired) electrons. The maximum Gasteiger partial charge on any atom is 0.294 e. The molecule has 33 heavy (non-hydrogen) atoms. The average molecular weight is 446 g/mol. The molecule has 7 nitrogen and oxygen atoms in total. The number of hydrogen-bond acceptors (Lipinski definition) is 5. The van der Waals surface area contributed by atoms with Gasteiger partial charge in [-0.3, -0.25) is 9.69 Å². The van der Waals surface area contributed by atoms with Gasteiger partial charge in [0.1, 0.15) is 5.82 Å². The highest BCUT2D eigenvalue weighted by Crippen LogP contribution is 2.39. The molecule has 172 valence electrons. The van der Waals surface area contributed by atoms with Crippen LogP contribution in [0, 0.1) is 0 Å². The van der Waals surface area contributed by atoms with Crippen LogP contribution in [0.15, 0.2) is 60.7 Å². The third-order valence-corrected chi connectivity index (χ3v) is 6.38. The summed E-state index contributed by atoms with van der Waals surface area (Å²) in [7, 11) is 0. The summed E-state index contributed by atoms with van der Waals surface area (Å²) in [5, 5.41) is 4.71. The number of rotatable bonds is 8. The van der Waals surface area contributed by atoms with Crippen LogP contribution in [-0.4, -0.2) is 69.4 Å². The molecule has 1 amide bonds. The Hall–Kier alpha value is -3.03. The molecule has 2 heterocycles. The molecule has 3 aromatic rings. The van der Waals surface area contributed by atoms with Gasteiger partial charge in [0.05, 0.1) is 18.9 Å². The lowest BCUT2D eigenvalue weighted by atomic mass is 10.1. The minimum atomic E-state index is -0.115. The van der Waals surface area contributed by atoms with E-state index in [2.05, 4.69) is 24.0 Å². The number of para-hydroxylation sites is 1. The third-order valence-electron chi connectivity index (χ3n) is 6.38. The van der Waals surface area contributed by atoms with Crippen LogP contribution in [0.25, 0.3) is 5.69 Å². The van der Waals surface area contributed by atoms with Crippen molar-refractivity contribution in [1.82, 2.24) is 24.6 Å². The molecular formula is C26H31N5O2. The van der Waals surface area contributed by atoms with Crippen LogP contribution < -0.4 is 0 Å². The number of amides is 1. The number of benzene rings is 2. The zero-order chi connectivity index (χ0) is 22.6. The van der Waals surface area contributed by atoms with Crippen molar-refractivity contribution in [3.8, 4) is 5.69 Å². The minimum Gasteiger partial charge on any atom is -0.379 e. The molecule has 1 aliphatic heterocycles. The molecule has 1 atom stereocenters. The molecule has 1 aliphatic carbocycles. The Labute approximate surface area is 195 Å². The molecule has 2 fully saturated rings. The Morgan fingerprint density at radius 1 is 1.06 bits per heavy atom. The summed E-state index contributed by atoms with van der Waals surface area (Å²) in [6.45, 7) is 6.72. The van der Waals surface area contributed by atoms with Gasteiger partial charge in [-0.25, -0.2) is 9.67 Å². The van der Waals surface area contributed by atoms with E-state index in [1.54, 1.807) is 0 Å². The number of hydrogen-bond donors (Lipinski definition) is 0. The van der Waals surface area contributed by atoms with Crippen molar-refractivity contribution >= 4 is 5.91 Å². The summed E-state index contributed by atoms with van der Waals surface area (Å²) in [5.41, 5.74) is 2.05. The average Bonchev–Trinajstić information content (AvgIpc) is 3.61. The van der Waals surface area contributed by atoms with Crippen LogP contribution in [0.2, 0.25) is 0 Å². The number of nitrogens with zero attached hydrogens (tertiary/aromatic N) is 5. The van der Waals surface area contributed by atoms with E-state index in [4.69, 9.17) is 14.8 Å². The number of carbonyl (C=O) groups excluding carboxylic acids is 1. The zero-order valence-electron chi connectivity index (χ0n) is 19.1. The normalized spacial score (nSPS) is 17.6. The highest BCUT2D eigenvalue weighted by atomic mass is 16.5. The maximum atomic E-state index is 13.8. The topological polar surface area (TPSA) is 63.5 Å². The van der Waals surface area contributed by atoms with E-state index in [-0.39, 0.29) is 17.8 Å². The van der Waals surface area contributed by atoms with Gasteiger partial charge in [-0.15, -0.1) is 5.10 Å². The van der Waals surface area contributed by atoms with Gasteiger partial charge in [0.15, 0.2) is 0 Å². The molecule has 0 spiro atoms. The Balaban J connectivity index is 1.43. The van der Waals surface area contributed by atoms with Crippen molar-refractivity contribution in [2.75, 3.05) is 32.8 Å². The quantitative estimate of drug-likeness (QED) is 0.531. The molecule has 0 N–H and O–H groups in total. The van der Waals surface area contributed by atoms with Gasteiger partial charge in [-0.05, 0) is 37.5 Å². The van der Waals surface area contributed by atoms with Crippen LogP contribution in [0.3, 0.4) is 0 Å². The lowest BCUT2D eigenvalue weighted by Gasteiger charge is -2.34.